The highest BCUT2D eigenvalue weighted by atomic mass is 35.5. The number of likely N-dealkylation sites (tertiary alicyclic amines) is 1. The molecule has 0 spiro atoms. The Morgan fingerprint density at radius 2 is 1.28 bits per heavy atom. The van der Waals surface area contributed by atoms with E-state index in [0.29, 0.717) is 10.6 Å². The van der Waals surface area contributed by atoms with Gasteiger partial charge in [-0.15, -0.1) is 0 Å². The SMILES string of the molecule is CC(C)(C)CC(=O)N1C(C(=O)NCc2ccccc2Cl)C(c2ccccc2)C(C(=O)c2ccccc2)C1c1ccccc1. The summed E-state index contributed by atoms with van der Waals surface area (Å²) < 4.78 is 0. The van der Waals surface area contributed by atoms with Crippen LogP contribution in [-0.2, 0) is 16.1 Å². The number of benzene rings is 4. The van der Waals surface area contributed by atoms with Crippen molar-refractivity contribution in [2.45, 2.75) is 51.7 Å². The molecule has 0 saturated carbocycles. The molecule has 1 fully saturated rings. The minimum Gasteiger partial charge on any atom is -0.350 e. The Hall–Kier alpha value is -4.22. The molecule has 4 unspecified atom stereocenters. The Morgan fingerprint density at radius 3 is 1.86 bits per heavy atom. The van der Waals surface area contributed by atoms with Gasteiger partial charge in [-0.3, -0.25) is 14.4 Å². The van der Waals surface area contributed by atoms with E-state index in [1.165, 1.54) is 0 Å². The van der Waals surface area contributed by atoms with E-state index in [4.69, 9.17) is 11.6 Å². The zero-order chi connectivity index (χ0) is 30.6. The number of rotatable bonds is 8. The third kappa shape index (κ3) is 6.73. The second-order valence-electron chi connectivity index (χ2n) is 12.3. The van der Waals surface area contributed by atoms with Gasteiger partial charge in [0.15, 0.2) is 5.78 Å². The largest absolute Gasteiger partial charge is 0.350 e. The molecule has 1 saturated heterocycles. The highest BCUT2D eigenvalue weighted by molar-refractivity contribution is 6.31. The Morgan fingerprint density at radius 1 is 0.744 bits per heavy atom. The maximum absolute atomic E-state index is 14.6. The standard InChI is InChI=1S/C37H37ClN2O3/c1-37(2,3)23-30(41)40-33(26-17-9-5-10-18-26)32(35(42)27-19-11-6-12-20-27)31(25-15-7-4-8-16-25)34(40)36(43)39-24-28-21-13-14-22-29(28)38/h4-22,31-34H,23-24H2,1-3H3,(H,39,43). The second kappa shape index (κ2) is 13.0. The first kappa shape index (κ1) is 30.2. The summed E-state index contributed by atoms with van der Waals surface area (Å²) in [6, 6.07) is 34.2. The van der Waals surface area contributed by atoms with Crippen molar-refractivity contribution in [1.82, 2.24) is 10.2 Å². The highest BCUT2D eigenvalue weighted by Gasteiger charge is 2.57. The Bertz CT molecular complexity index is 1570. The van der Waals surface area contributed by atoms with Crippen molar-refractivity contribution in [2.75, 3.05) is 0 Å². The normalized spacial score (nSPS) is 20.0. The van der Waals surface area contributed by atoms with Crippen LogP contribution in [0.15, 0.2) is 115 Å². The molecular weight excluding hydrogens is 556 g/mol. The number of carbonyl (C=O) groups is 3. The summed E-state index contributed by atoms with van der Waals surface area (Å²) in [7, 11) is 0. The molecule has 5 rings (SSSR count). The minimum absolute atomic E-state index is 0.0988. The van der Waals surface area contributed by atoms with Gasteiger partial charge >= 0.3 is 0 Å². The molecule has 0 radical (unpaired) electrons. The molecule has 2 amide bonds. The van der Waals surface area contributed by atoms with Gasteiger partial charge < -0.3 is 10.2 Å². The molecule has 4 atom stereocenters. The molecule has 0 aliphatic carbocycles. The summed E-state index contributed by atoms with van der Waals surface area (Å²) >= 11 is 6.42. The molecule has 1 heterocycles. The van der Waals surface area contributed by atoms with Gasteiger partial charge in [0.05, 0.1) is 12.0 Å². The van der Waals surface area contributed by atoms with Gasteiger partial charge in [0, 0.05) is 29.5 Å². The first-order valence-electron chi connectivity index (χ1n) is 14.7. The number of hydrogen-bond donors (Lipinski definition) is 1. The van der Waals surface area contributed by atoms with E-state index in [9.17, 15) is 14.4 Å². The fourth-order valence-corrected chi connectivity index (χ4v) is 6.37. The number of hydrogen-bond acceptors (Lipinski definition) is 3. The van der Waals surface area contributed by atoms with Crippen molar-refractivity contribution in [3.8, 4) is 0 Å². The monoisotopic (exact) mass is 592 g/mol. The van der Waals surface area contributed by atoms with Crippen LogP contribution in [0.5, 0.6) is 0 Å². The Kier molecular flexibility index (Phi) is 9.12. The molecule has 4 aromatic rings. The van der Waals surface area contributed by atoms with E-state index in [1.54, 1.807) is 23.1 Å². The first-order valence-corrected chi connectivity index (χ1v) is 15.0. The smallest absolute Gasteiger partial charge is 0.243 e. The van der Waals surface area contributed by atoms with Gasteiger partial charge in [-0.1, -0.05) is 142 Å². The number of carbonyl (C=O) groups excluding carboxylic acids is 3. The van der Waals surface area contributed by atoms with Crippen molar-refractivity contribution in [3.63, 3.8) is 0 Å². The lowest BCUT2D eigenvalue weighted by Crippen LogP contribution is -2.49. The molecule has 4 aromatic carbocycles. The summed E-state index contributed by atoms with van der Waals surface area (Å²) in [5.41, 5.74) is 2.65. The van der Waals surface area contributed by atoms with Crippen molar-refractivity contribution >= 4 is 29.2 Å². The summed E-state index contributed by atoms with van der Waals surface area (Å²) in [5, 5.41) is 3.62. The summed E-state index contributed by atoms with van der Waals surface area (Å²) in [6.45, 7) is 6.22. The van der Waals surface area contributed by atoms with Crippen LogP contribution in [0, 0.1) is 11.3 Å². The third-order valence-corrected chi connectivity index (χ3v) is 8.37. The molecule has 1 N–H and O–H groups in total. The molecule has 5 nitrogen and oxygen atoms in total. The number of amides is 2. The quantitative estimate of drug-likeness (QED) is 0.214. The van der Waals surface area contributed by atoms with Crippen LogP contribution < -0.4 is 5.32 Å². The maximum atomic E-state index is 14.6. The van der Waals surface area contributed by atoms with Crippen LogP contribution in [0.2, 0.25) is 5.02 Å². The number of halogens is 1. The van der Waals surface area contributed by atoms with Crippen molar-refractivity contribution in [3.05, 3.63) is 143 Å². The fraction of sp³-hybridized carbons (Fsp3) is 0.270. The Balaban J connectivity index is 1.69. The van der Waals surface area contributed by atoms with E-state index in [-0.39, 0.29) is 36.0 Å². The first-order chi connectivity index (χ1) is 20.7. The van der Waals surface area contributed by atoms with Crippen molar-refractivity contribution in [1.29, 1.82) is 0 Å². The van der Waals surface area contributed by atoms with E-state index in [1.807, 2.05) is 118 Å². The number of Topliss-reactive ketones (excluding diaryl/α,β-unsaturated/α-hetero) is 1. The topological polar surface area (TPSA) is 66.5 Å². The van der Waals surface area contributed by atoms with Gasteiger partial charge in [0.2, 0.25) is 11.8 Å². The molecule has 6 heteroatoms. The molecule has 0 aromatic heterocycles. The van der Waals surface area contributed by atoms with Gasteiger partial charge in [-0.05, 0) is 28.2 Å². The van der Waals surface area contributed by atoms with Crippen LogP contribution in [0.3, 0.4) is 0 Å². The molecular formula is C37H37ClN2O3. The van der Waals surface area contributed by atoms with Crippen molar-refractivity contribution < 1.29 is 14.4 Å². The Labute approximate surface area is 258 Å². The van der Waals surface area contributed by atoms with Gasteiger partial charge in [-0.2, -0.15) is 0 Å². The predicted octanol–water partition coefficient (Wildman–Crippen LogP) is 7.63. The molecule has 220 valence electrons. The van der Waals surface area contributed by atoms with Crippen LogP contribution >= 0.6 is 11.6 Å². The lowest BCUT2D eigenvalue weighted by atomic mass is 9.76. The predicted molar refractivity (Wildman–Crippen MR) is 171 cm³/mol. The zero-order valence-electron chi connectivity index (χ0n) is 24.7. The van der Waals surface area contributed by atoms with Crippen LogP contribution in [0.1, 0.15) is 66.2 Å². The molecule has 1 aliphatic rings. The van der Waals surface area contributed by atoms with E-state index in [2.05, 4.69) is 5.32 Å². The maximum Gasteiger partial charge on any atom is 0.243 e. The van der Waals surface area contributed by atoms with E-state index >= 15 is 0 Å². The van der Waals surface area contributed by atoms with Crippen LogP contribution in [0.4, 0.5) is 0 Å². The number of ketones is 1. The molecule has 0 bridgehead atoms. The lowest BCUT2D eigenvalue weighted by molar-refractivity contribution is -0.142. The summed E-state index contributed by atoms with van der Waals surface area (Å²) in [6.07, 6.45) is 0.221. The van der Waals surface area contributed by atoms with E-state index in [0.717, 1.165) is 16.7 Å². The molecule has 1 aliphatic heterocycles. The molecule has 43 heavy (non-hydrogen) atoms. The third-order valence-electron chi connectivity index (χ3n) is 8.00. The average Bonchev–Trinajstić information content (AvgIpc) is 3.37. The minimum atomic E-state index is -0.928. The van der Waals surface area contributed by atoms with Gasteiger partial charge in [0.1, 0.15) is 6.04 Å². The van der Waals surface area contributed by atoms with E-state index < -0.39 is 23.9 Å². The lowest BCUT2D eigenvalue weighted by Gasteiger charge is -2.33. The van der Waals surface area contributed by atoms with Crippen molar-refractivity contribution in [2.24, 2.45) is 11.3 Å². The summed E-state index contributed by atoms with van der Waals surface area (Å²) in [4.78, 5) is 45.1. The van der Waals surface area contributed by atoms with Gasteiger partial charge in [-0.25, -0.2) is 0 Å². The second-order valence-corrected chi connectivity index (χ2v) is 12.7. The highest BCUT2D eigenvalue weighted by Crippen LogP contribution is 2.52. The van der Waals surface area contributed by atoms with Crippen LogP contribution in [-0.4, -0.2) is 28.5 Å². The fourth-order valence-electron chi connectivity index (χ4n) is 6.17. The number of nitrogens with zero attached hydrogens (tertiary/aromatic N) is 1. The van der Waals surface area contributed by atoms with Crippen LogP contribution in [0.25, 0.3) is 0 Å². The van der Waals surface area contributed by atoms with Gasteiger partial charge in [0.25, 0.3) is 0 Å². The summed E-state index contributed by atoms with van der Waals surface area (Å²) in [5.74, 6) is -1.87. The average molecular weight is 593 g/mol. The zero-order valence-corrected chi connectivity index (χ0v) is 25.5. The number of nitrogens with one attached hydrogen (secondary N) is 1.